The molecule has 2 aromatic rings. The van der Waals surface area contributed by atoms with Crippen LogP contribution in [0.4, 0.5) is 5.69 Å². The van der Waals surface area contributed by atoms with Crippen LogP contribution in [0.1, 0.15) is 11.3 Å². The fraction of sp³-hybridized carbons (Fsp3) is 0.182. The molecule has 0 amide bonds. The third kappa shape index (κ3) is 2.73. The summed E-state index contributed by atoms with van der Waals surface area (Å²) >= 11 is 7.12. The van der Waals surface area contributed by atoms with Gasteiger partial charge in [0.15, 0.2) is 0 Å². The topological polar surface area (TPSA) is 52.8 Å². The van der Waals surface area contributed by atoms with E-state index in [1.54, 1.807) is 6.07 Å². The largest absolute Gasteiger partial charge is 0.368 e. The molecule has 0 aliphatic rings. The molecule has 0 N–H and O–H groups in total. The first kappa shape index (κ1) is 11.8. The Balaban J connectivity index is 2.17. The number of nitriles is 1. The van der Waals surface area contributed by atoms with Crippen molar-refractivity contribution in [1.82, 2.24) is 9.59 Å². The molecule has 0 saturated heterocycles. The zero-order valence-corrected chi connectivity index (χ0v) is 10.7. The Hall–Kier alpha value is -1.64. The van der Waals surface area contributed by atoms with Crippen molar-refractivity contribution in [1.29, 1.82) is 5.26 Å². The van der Waals surface area contributed by atoms with Crippen LogP contribution in [0.3, 0.4) is 0 Å². The van der Waals surface area contributed by atoms with Gasteiger partial charge in [-0.25, -0.2) is 0 Å². The molecule has 0 bridgehead atoms. The first-order valence-electron chi connectivity index (χ1n) is 4.88. The molecule has 1 aromatic carbocycles. The Morgan fingerprint density at radius 1 is 1.53 bits per heavy atom. The predicted molar refractivity (Wildman–Crippen MR) is 68.2 cm³/mol. The Labute approximate surface area is 108 Å². The molecule has 1 aromatic heterocycles. The van der Waals surface area contributed by atoms with Crippen molar-refractivity contribution in [3.05, 3.63) is 39.9 Å². The smallest absolute Gasteiger partial charge is 0.139 e. The third-order valence-electron chi connectivity index (χ3n) is 2.31. The number of benzene rings is 1. The van der Waals surface area contributed by atoms with E-state index in [1.807, 2.05) is 30.1 Å². The number of hydrogen-bond donors (Lipinski definition) is 0. The molecule has 0 atom stereocenters. The summed E-state index contributed by atoms with van der Waals surface area (Å²) < 4.78 is 4.39. The van der Waals surface area contributed by atoms with Crippen molar-refractivity contribution in [3.8, 4) is 6.07 Å². The summed E-state index contributed by atoms with van der Waals surface area (Å²) in [6.07, 6.45) is 0. The zero-order chi connectivity index (χ0) is 12.3. The van der Waals surface area contributed by atoms with Gasteiger partial charge in [-0.15, -0.1) is 5.10 Å². The second-order valence-corrected chi connectivity index (χ2v) is 4.87. The first-order valence-corrected chi connectivity index (χ1v) is 6.04. The number of anilines is 1. The van der Waals surface area contributed by atoms with Gasteiger partial charge in [0.05, 0.1) is 18.2 Å². The summed E-state index contributed by atoms with van der Waals surface area (Å²) in [5.41, 5.74) is 2.34. The zero-order valence-electron chi connectivity index (χ0n) is 9.09. The lowest BCUT2D eigenvalue weighted by molar-refractivity contribution is 0.872. The number of hydrogen-bond acceptors (Lipinski definition) is 5. The normalized spacial score (nSPS) is 9.94. The van der Waals surface area contributed by atoms with Gasteiger partial charge in [-0.1, -0.05) is 22.2 Å². The lowest BCUT2D eigenvalue weighted by atomic mass is 10.2. The SMILES string of the molecule is CN(Cc1nnsc1Cl)c1cccc(C#N)c1. The Kier molecular flexibility index (Phi) is 3.57. The average Bonchev–Trinajstić information content (AvgIpc) is 2.75. The fourth-order valence-electron chi connectivity index (χ4n) is 1.42. The van der Waals surface area contributed by atoms with E-state index in [0.717, 1.165) is 11.4 Å². The quantitative estimate of drug-likeness (QED) is 0.855. The third-order valence-corrected chi connectivity index (χ3v) is 3.30. The van der Waals surface area contributed by atoms with Crippen LogP contribution in [0.5, 0.6) is 0 Å². The second kappa shape index (κ2) is 5.13. The highest BCUT2D eigenvalue weighted by molar-refractivity contribution is 7.10. The lowest BCUT2D eigenvalue weighted by Gasteiger charge is -2.18. The molecule has 4 nitrogen and oxygen atoms in total. The van der Waals surface area contributed by atoms with Crippen molar-refractivity contribution in [3.63, 3.8) is 0 Å². The maximum Gasteiger partial charge on any atom is 0.139 e. The van der Waals surface area contributed by atoms with Gasteiger partial charge in [0.1, 0.15) is 10.0 Å². The minimum atomic E-state index is 0.574. The monoisotopic (exact) mass is 264 g/mol. The number of aromatic nitrogens is 2. The first-order chi connectivity index (χ1) is 8.20. The van der Waals surface area contributed by atoms with Gasteiger partial charge >= 0.3 is 0 Å². The van der Waals surface area contributed by atoms with E-state index in [2.05, 4.69) is 15.7 Å². The van der Waals surface area contributed by atoms with E-state index in [9.17, 15) is 0 Å². The van der Waals surface area contributed by atoms with Gasteiger partial charge in [0.25, 0.3) is 0 Å². The molecular formula is C11H9ClN4S. The molecule has 86 valence electrons. The van der Waals surface area contributed by atoms with Crippen LogP contribution < -0.4 is 4.90 Å². The molecule has 0 spiro atoms. The molecular weight excluding hydrogens is 256 g/mol. The van der Waals surface area contributed by atoms with Crippen LogP contribution >= 0.6 is 23.1 Å². The molecule has 0 unspecified atom stereocenters. The maximum absolute atomic E-state index is 8.83. The molecule has 6 heteroatoms. The van der Waals surface area contributed by atoms with Crippen molar-refractivity contribution in [2.24, 2.45) is 0 Å². The van der Waals surface area contributed by atoms with Crippen LogP contribution in [0.15, 0.2) is 24.3 Å². The van der Waals surface area contributed by atoms with E-state index < -0.39 is 0 Å². The van der Waals surface area contributed by atoms with Crippen LogP contribution in [0.25, 0.3) is 0 Å². The summed E-state index contributed by atoms with van der Waals surface area (Å²) in [5, 5.41) is 12.8. The number of rotatable bonds is 3. The van der Waals surface area contributed by atoms with E-state index in [1.165, 1.54) is 11.5 Å². The van der Waals surface area contributed by atoms with Crippen molar-refractivity contribution in [2.45, 2.75) is 6.54 Å². The fourth-order valence-corrected chi connectivity index (χ4v) is 2.03. The Bertz CT molecular complexity index is 561. The minimum absolute atomic E-state index is 0.574. The van der Waals surface area contributed by atoms with Crippen molar-refractivity contribution < 1.29 is 0 Å². The predicted octanol–water partition coefficient (Wildman–Crippen LogP) is 2.70. The van der Waals surface area contributed by atoms with E-state index in [4.69, 9.17) is 16.9 Å². The second-order valence-electron chi connectivity index (χ2n) is 3.51. The van der Waals surface area contributed by atoms with Crippen LogP contribution in [-0.4, -0.2) is 16.6 Å². The highest BCUT2D eigenvalue weighted by Crippen LogP contribution is 2.21. The lowest BCUT2D eigenvalue weighted by Crippen LogP contribution is -2.16. The molecule has 0 aliphatic carbocycles. The van der Waals surface area contributed by atoms with Crippen LogP contribution in [0, 0.1) is 11.3 Å². The Morgan fingerprint density at radius 3 is 3.00 bits per heavy atom. The number of halogens is 1. The van der Waals surface area contributed by atoms with E-state index in [-0.39, 0.29) is 0 Å². The van der Waals surface area contributed by atoms with E-state index in [0.29, 0.717) is 16.4 Å². The van der Waals surface area contributed by atoms with Gasteiger partial charge in [0, 0.05) is 24.3 Å². The number of nitrogens with zero attached hydrogens (tertiary/aromatic N) is 4. The summed E-state index contributed by atoms with van der Waals surface area (Å²) in [7, 11) is 1.92. The molecule has 2 rings (SSSR count). The summed E-state index contributed by atoms with van der Waals surface area (Å²) in [5.74, 6) is 0. The molecule has 0 fully saturated rings. The van der Waals surface area contributed by atoms with Crippen LogP contribution in [0.2, 0.25) is 4.34 Å². The highest BCUT2D eigenvalue weighted by atomic mass is 35.5. The summed E-state index contributed by atoms with van der Waals surface area (Å²) in [6.45, 7) is 0.574. The Morgan fingerprint density at radius 2 is 2.35 bits per heavy atom. The molecule has 0 radical (unpaired) electrons. The van der Waals surface area contributed by atoms with Gasteiger partial charge in [-0.3, -0.25) is 0 Å². The minimum Gasteiger partial charge on any atom is -0.368 e. The van der Waals surface area contributed by atoms with Crippen LogP contribution in [-0.2, 0) is 6.54 Å². The van der Waals surface area contributed by atoms with Crippen molar-refractivity contribution >= 4 is 28.8 Å². The van der Waals surface area contributed by atoms with Gasteiger partial charge in [0.2, 0.25) is 0 Å². The van der Waals surface area contributed by atoms with Gasteiger partial charge in [-0.2, -0.15) is 5.26 Å². The molecule has 0 aliphatic heterocycles. The van der Waals surface area contributed by atoms with Gasteiger partial charge < -0.3 is 4.90 Å². The van der Waals surface area contributed by atoms with Gasteiger partial charge in [-0.05, 0) is 18.2 Å². The standard InChI is InChI=1S/C11H9ClN4S/c1-16(7-10-11(12)17-15-14-10)9-4-2-3-8(5-9)6-13/h2-5H,7H2,1H3. The summed E-state index contributed by atoms with van der Waals surface area (Å²) in [4.78, 5) is 1.98. The highest BCUT2D eigenvalue weighted by Gasteiger charge is 2.09. The summed E-state index contributed by atoms with van der Waals surface area (Å²) in [6, 6.07) is 9.50. The molecule has 1 heterocycles. The average molecular weight is 265 g/mol. The maximum atomic E-state index is 8.83. The molecule has 17 heavy (non-hydrogen) atoms. The molecule has 0 saturated carbocycles. The van der Waals surface area contributed by atoms with E-state index >= 15 is 0 Å². The van der Waals surface area contributed by atoms with Crippen molar-refractivity contribution in [2.75, 3.05) is 11.9 Å².